The van der Waals surface area contributed by atoms with Crippen LogP contribution in [0.5, 0.6) is 11.5 Å². The number of benzene rings is 2. The molecule has 0 amide bonds. The highest BCUT2D eigenvalue weighted by Crippen LogP contribution is 2.35. The van der Waals surface area contributed by atoms with Gasteiger partial charge in [-0.05, 0) is 52.3 Å². The van der Waals surface area contributed by atoms with Gasteiger partial charge in [-0.1, -0.05) is 11.6 Å². The van der Waals surface area contributed by atoms with Crippen LogP contribution in [0.4, 0.5) is 4.39 Å². The van der Waals surface area contributed by atoms with E-state index in [1.54, 1.807) is 12.1 Å². The number of phenolic OH excluding ortho intramolecular Hbond substituents is 2. The predicted octanol–water partition coefficient (Wildman–Crippen LogP) is 4.87. The fourth-order valence-electron chi connectivity index (χ4n) is 2.05. The van der Waals surface area contributed by atoms with Crippen LogP contribution in [0, 0.1) is 5.82 Å². The molecule has 21 heavy (non-hydrogen) atoms. The molecule has 2 N–H and O–H groups in total. The molecule has 0 spiro atoms. The summed E-state index contributed by atoms with van der Waals surface area (Å²) in [6.07, 6.45) is 0. The normalized spacial score (nSPS) is 11.0. The molecule has 0 aliphatic carbocycles. The number of rotatable bonds is 1. The minimum atomic E-state index is -0.727. The molecule has 0 aliphatic rings. The van der Waals surface area contributed by atoms with Crippen molar-refractivity contribution in [3.8, 4) is 22.8 Å². The van der Waals surface area contributed by atoms with Crippen LogP contribution in [0.2, 0.25) is 5.02 Å². The zero-order valence-electron chi connectivity index (χ0n) is 10.4. The Morgan fingerprint density at radius 1 is 1.10 bits per heavy atom. The summed E-state index contributed by atoms with van der Waals surface area (Å²) < 4.78 is 14.0. The molecule has 0 fully saturated rings. The van der Waals surface area contributed by atoms with Gasteiger partial charge in [-0.2, -0.15) is 0 Å². The molecule has 3 nitrogen and oxygen atoms in total. The summed E-state index contributed by atoms with van der Waals surface area (Å²) in [5.41, 5.74) is 1.52. The van der Waals surface area contributed by atoms with Gasteiger partial charge in [0, 0.05) is 15.4 Å². The van der Waals surface area contributed by atoms with E-state index < -0.39 is 11.6 Å². The molecule has 0 saturated carbocycles. The van der Waals surface area contributed by atoms with Crippen LogP contribution in [-0.2, 0) is 0 Å². The van der Waals surface area contributed by atoms with E-state index in [4.69, 9.17) is 11.6 Å². The summed E-state index contributed by atoms with van der Waals surface area (Å²) in [4.78, 5) is 4.43. The van der Waals surface area contributed by atoms with Gasteiger partial charge in [0.2, 0.25) is 0 Å². The monoisotopic (exact) mass is 367 g/mol. The van der Waals surface area contributed by atoms with Crippen LogP contribution in [-0.4, -0.2) is 15.2 Å². The molecule has 0 bridgehead atoms. The summed E-state index contributed by atoms with van der Waals surface area (Å²) in [6, 6.07) is 8.60. The van der Waals surface area contributed by atoms with Gasteiger partial charge in [0.25, 0.3) is 0 Å². The van der Waals surface area contributed by atoms with Crippen molar-refractivity contribution in [2.24, 2.45) is 0 Å². The van der Waals surface area contributed by atoms with E-state index in [0.29, 0.717) is 31.7 Å². The zero-order chi connectivity index (χ0) is 15.1. The Hall–Kier alpha value is -1.85. The number of fused-ring (bicyclic) bond motifs is 1. The molecule has 0 saturated heterocycles. The van der Waals surface area contributed by atoms with Gasteiger partial charge < -0.3 is 10.2 Å². The Balaban J connectivity index is 2.27. The largest absolute Gasteiger partial charge is 0.508 e. The van der Waals surface area contributed by atoms with Gasteiger partial charge in [0.05, 0.1) is 16.2 Å². The third kappa shape index (κ3) is 2.54. The van der Waals surface area contributed by atoms with E-state index in [1.165, 1.54) is 24.3 Å². The number of hydrogen-bond donors (Lipinski definition) is 2. The molecule has 0 unspecified atom stereocenters. The maximum absolute atomic E-state index is 13.5. The number of aromatic hydroxyl groups is 2. The summed E-state index contributed by atoms with van der Waals surface area (Å²) in [5.74, 6) is -1.08. The van der Waals surface area contributed by atoms with Crippen molar-refractivity contribution >= 4 is 38.4 Å². The molecule has 0 aliphatic heterocycles. The molecular weight excluding hydrogens is 361 g/mol. The number of nitrogens with zero attached hydrogens (tertiary/aromatic N) is 1. The van der Waals surface area contributed by atoms with Crippen molar-refractivity contribution < 1.29 is 14.6 Å². The second-order valence-electron chi connectivity index (χ2n) is 4.48. The van der Waals surface area contributed by atoms with E-state index in [1.807, 2.05) is 0 Å². The number of pyridine rings is 1. The number of hydrogen-bond acceptors (Lipinski definition) is 3. The lowest BCUT2D eigenvalue weighted by atomic mass is 10.1. The first kappa shape index (κ1) is 14.1. The fourth-order valence-corrected chi connectivity index (χ4v) is 2.83. The quantitative estimate of drug-likeness (QED) is 0.644. The third-order valence-electron chi connectivity index (χ3n) is 3.04. The minimum Gasteiger partial charge on any atom is -0.508 e. The maximum Gasteiger partial charge on any atom is 0.165 e. The molecule has 0 atom stereocenters. The number of phenols is 2. The second kappa shape index (κ2) is 5.16. The SMILES string of the molecule is Oc1cc(Br)c2nc(-c3ccc(O)c(F)c3)cc(Cl)c2c1. The number of aromatic nitrogens is 1. The van der Waals surface area contributed by atoms with Crippen LogP contribution in [0.25, 0.3) is 22.2 Å². The van der Waals surface area contributed by atoms with Crippen LogP contribution >= 0.6 is 27.5 Å². The Bertz CT molecular complexity index is 870. The maximum atomic E-state index is 13.5. The van der Waals surface area contributed by atoms with Crippen LogP contribution < -0.4 is 0 Å². The third-order valence-corrected chi connectivity index (χ3v) is 3.96. The Morgan fingerprint density at radius 2 is 1.86 bits per heavy atom. The Labute approximate surface area is 132 Å². The second-order valence-corrected chi connectivity index (χ2v) is 5.74. The number of halogens is 3. The summed E-state index contributed by atoms with van der Waals surface area (Å²) in [5, 5.41) is 19.8. The van der Waals surface area contributed by atoms with Gasteiger partial charge in [0.1, 0.15) is 5.75 Å². The average Bonchev–Trinajstić information content (AvgIpc) is 2.43. The smallest absolute Gasteiger partial charge is 0.165 e. The molecule has 6 heteroatoms. The molecule has 3 aromatic rings. The van der Waals surface area contributed by atoms with E-state index in [2.05, 4.69) is 20.9 Å². The van der Waals surface area contributed by atoms with Gasteiger partial charge in [-0.3, -0.25) is 0 Å². The highest BCUT2D eigenvalue weighted by atomic mass is 79.9. The highest BCUT2D eigenvalue weighted by molar-refractivity contribution is 9.10. The Morgan fingerprint density at radius 3 is 2.57 bits per heavy atom. The van der Waals surface area contributed by atoms with Crippen LogP contribution in [0.15, 0.2) is 40.9 Å². The summed E-state index contributed by atoms with van der Waals surface area (Å²) in [7, 11) is 0. The van der Waals surface area contributed by atoms with Gasteiger partial charge in [0.15, 0.2) is 11.6 Å². The molecule has 1 heterocycles. The van der Waals surface area contributed by atoms with Crippen molar-refractivity contribution in [3.63, 3.8) is 0 Å². The lowest BCUT2D eigenvalue weighted by Crippen LogP contribution is -1.89. The van der Waals surface area contributed by atoms with Crippen molar-refractivity contribution in [1.82, 2.24) is 4.98 Å². The van der Waals surface area contributed by atoms with Crippen LogP contribution in [0.3, 0.4) is 0 Å². The fraction of sp³-hybridized carbons (Fsp3) is 0. The van der Waals surface area contributed by atoms with Crippen molar-refractivity contribution in [1.29, 1.82) is 0 Å². The van der Waals surface area contributed by atoms with E-state index in [-0.39, 0.29) is 5.75 Å². The first-order chi connectivity index (χ1) is 9.95. The van der Waals surface area contributed by atoms with Gasteiger partial charge >= 0.3 is 0 Å². The van der Waals surface area contributed by atoms with Crippen molar-refractivity contribution in [2.75, 3.05) is 0 Å². The molecule has 2 aromatic carbocycles. The molecule has 1 aromatic heterocycles. The lowest BCUT2D eigenvalue weighted by Gasteiger charge is -2.08. The van der Waals surface area contributed by atoms with E-state index >= 15 is 0 Å². The minimum absolute atomic E-state index is 0.0708. The molecule has 106 valence electrons. The summed E-state index contributed by atoms with van der Waals surface area (Å²) >= 11 is 9.53. The Kier molecular flexibility index (Phi) is 3.47. The predicted molar refractivity (Wildman–Crippen MR) is 83.2 cm³/mol. The molecular formula is C15H8BrClFNO2. The topological polar surface area (TPSA) is 53.4 Å². The van der Waals surface area contributed by atoms with Gasteiger partial charge in [-0.25, -0.2) is 9.37 Å². The lowest BCUT2D eigenvalue weighted by molar-refractivity contribution is 0.432. The first-order valence-electron chi connectivity index (χ1n) is 5.93. The highest BCUT2D eigenvalue weighted by Gasteiger charge is 2.11. The molecule has 0 radical (unpaired) electrons. The average molecular weight is 369 g/mol. The van der Waals surface area contributed by atoms with Gasteiger partial charge in [-0.15, -0.1) is 0 Å². The standard InChI is InChI=1S/C15H8BrClFNO2/c16-10-5-8(20)4-9-11(17)6-13(19-15(9)10)7-1-2-14(21)12(18)3-7/h1-6,20-21H. The summed E-state index contributed by atoms with van der Waals surface area (Å²) in [6.45, 7) is 0. The van der Waals surface area contributed by atoms with Crippen molar-refractivity contribution in [2.45, 2.75) is 0 Å². The van der Waals surface area contributed by atoms with E-state index in [9.17, 15) is 14.6 Å². The van der Waals surface area contributed by atoms with E-state index in [0.717, 1.165) is 0 Å². The zero-order valence-corrected chi connectivity index (χ0v) is 12.8. The van der Waals surface area contributed by atoms with Crippen molar-refractivity contribution in [3.05, 3.63) is 51.7 Å². The molecule has 3 rings (SSSR count). The first-order valence-corrected chi connectivity index (χ1v) is 7.10. The van der Waals surface area contributed by atoms with Crippen LogP contribution in [0.1, 0.15) is 0 Å².